The predicted molar refractivity (Wildman–Crippen MR) is 114 cm³/mol. The third-order valence-electron chi connectivity index (χ3n) is 5.73. The molecule has 2 heterocycles. The van der Waals surface area contributed by atoms with Crippen LogP contribution in [0.15, 0.2) is 24.3 Å². The van der Waals surface area contributed by atoms with E-state index in [4.69, 9.17) is 16.3 Å². The summed E-state index contributed by atoms with van der Waals surface area (Å²) in [4.78, 5) is 29.1. The maximum absolute atomic E-state index is 12.8. The number of nitrogens with zero attached hydrogens (tertiary/aromatic N) is 2. The summed E-state index contributed by atoms with van der Waals surface area (Å²) in [5.41, 5.74) is 0. The first-order valence-electron chi connectivity index (χ1n) is 10.8. The van der Waals surface area contributed by atoms with Crippen LogP contribution in [0, 0.1) is 5.92 Å². The van der Waals surface area contributed by atoms with E-state index in [0.29, 0.717) is 30.6 Å². The summed E-state index contributed by atoms with van der Waals surface area (Å²) in [6.45, 7) is 4.70. The number of amides is 2. The second-order valence-electron chi connectivity index (χ2n) is 7.94. The molecule has 2 amide bonds. The molecule has 6 nitrogen and oxygen atoms in total. The van der Waals surface area contributed by atoms with Gasteiger partial charge in [0.2, 0.25) is 11.8 Å². The molecule has 1 aromatic carbocycles. The van der Waals surface area contributed by atoms with Crippen LogP contribution in [0.25, 0.3) is 0 Å². The number of carbonyl (C=O) groups excluding carboxylic acids is 2. The Morgan fingerprint density at radius 2 is 1.66 bits per heavy atom. The zero-order chi connectivity index (χ0) is 20.5. The molecule has 3 rings (SSSR count). The zero-order valence-electron chi connectivity index (χ0n) is 17.1. The van der Waals surface area contributed by atoms with Crippen LogP contribution in [0.2, 0.25) is 5.02 Å². The molecule has 0 bridgehead atoms. The molecule has 1 aromatic rings. The molecule has 29 heavy (non-hydrogen) atoms. The molecule has 7 heteroatoms. The fraction of sp³-hybridized carbons (Fsp3) is 0.636. The minimum absolute atomic E-state index is 0.00185. The van der Waals surface area contributed by atoms with Crippen molar-refractivity contribution in [1.82, 2.24) is 15.1 Å². The topological polar surface area (TPSA) is 61.9 Å². The minimum Gasteiger partial charge on any atom is -0.492 e. The van der Waals surface area contributed by atoms with Crippen LogP contribution < -0.4 is 10.1 Å². The van der Waals surface area contributed by atoms with Gasteiger partial charge in [0.15, 0.2) is 0 Å². The van der Waals surface area contributed by atoms with Crippen molar-refractivity contribution in [2.45, 2.75) is 38.5 Å². The minimum atomic E-state index is 0.00185. The average molecular weight is 422 g/mol. The summed E-state index contributed by atoms with van der Waals surface area (Å²) in [6, 6.07) is 7.16. The number of carbonyl (C=O) groups is 2. The first kappa shape index (κ1) is 21.9. The van der Waals surface area contributed by atoms with E-state index in [1.165, 1.54) is 12.8 Å². The summed E-state index contributed by atoms with van der Waals surface area (Å²) in [5.74, 6) is 1.19. The quantitative estimate of drug-likeness (QED) is 0.687. The molecule has 2 saturated heterocycles. The third kappa shape index (κ3) is 7.19. The van der Waals surface area contributed by atoms with Crippen LogP contribution in [0.4, 0.5) is 0 Å². The summed E-state index contributed by atoms with van der Waals surface area (Å²) in [5, 5.41) is 3.57. The molecule has 0 aliphatic carbocycles. The SMILES string of the molecule is O=C(CN1CCC(C(=O)N2CCCCCC2)CC1)NCCOc1ccc(Cl)cc1. The van der Waals surface area contributed by atoms with Crippen molar-refractivity contribution in [3.63, 3.8) is 0 Å². The number of likely N-dealkylation sites (tertiary alicyclic amines) is 2. The molecule has 0 unspecified atom stereocenters. The largest absolute Gasteiger partial charge is 0.492 e. The highest BCUT2D eigenvalue weighted by Gasteiger charge is 2.29. The monoisotopic (exact) mass is 421 g/mol. The molecule has 0 spiro atoms. The highest BCUT2D eigenvalue weighted by atomic mass is 35.5. The van der Waals surface area contributed by atoms with E-state index in [0.717, 1.165) is 57.6 Å². The second kappa shape index (κ2) is 11.4. The molecule has 1 N–H and O–H groups in total. The van der Waals surface area contributed by atoms with Crippen molar-refractivity contribution in [2.75, 3.05) is 45.9 Å². The normalized spacial score (nSPS) is 18.9. The Labute approximate surface area is 178 Å². The summed E-state index contributed by atoms with van der Waals surface area (Å²) in [7, 11) is 0. The molecule has 2 fully saturated rings. The van der Waals surface area contributed by atoms with Crippen LogP contribution in [0.3, 0.4) is 0 Å². The number of hydrogen-bond donors (Lipinski definition) is 1. The van der Waals surface area contributed by atoms with Gasteiger partial charge in [0.05, 0.1) is 13.1 Å². The summed E-state index contributed by atoms with van der Waals surface area (Å²) in [6.07, 6.45) is 6.44. The van der Waals surface area contributed by atoms with Crippen molar-refractivity contribution < 1.29 is 14.3 Å². The first-order valence-corrected chi connectivity index (χ1v) is 11.2. The number of ether oxygens (including phenoxy) is 1. The zero-order valence-corrected chi connectivity index (χ0v) is 17.8. The number of nitrogens with one attached hydrogen (secondary N) is 1. The summed E-state index contributed by atoms with van der Waals surface area (Å²) < 4.78 is 5.58. The number of hydrogen-bond acceptors (Lipinski definition) is 4. The molecule has 2 aliphatic heterocycles. The Morgan fingerprint density at radius 1 is 1.00 bits per heavy atom. The lowest BCUT2D eigenvalue weighted by Gasteiger charge is -2.33. The van der Waals surface area contributed by atoms with Gasteiger partial charge in [-0.2, -0.15) is 0 Å². The Balaban J connectivity index is 1.30. The number of benzene rings is 1. The molecule has 0 atom stereocenters. The average Bonchev–Trinajstić information content (AvgIpc) is 3.02. The molecule has 0 saturated carbocycles. The maximum atomic E-state index is 12.8. The van der Waals surface area contributed by atoms with Crippen molar-refractivity contribution in [2.24, 2.45) is 5.92 Å². The molecule has 160 valence electrons. The van der Waals surface area contributed by atoms with Gasteiger partial charge >= 0.3 is 0 Å². The van der Waals surface area contributed by atoms with E-state index in [9.17, 15) is 9.59 Å². The lowest BCUT2D eigenvalue weighted by atomic mass is 9.95. The Morgan fingerprint density at radius 3 is 2.31 bits per heavy atom. The van der Waals surface area contributed by atoms with Crippen LogP contribution in [-0.2, 0) is 9.59 Å². The highest BCUT2D eigenvalue weighted by Crippen LogP contribution is 2.21. The van der Waals surface area contributed by atoms with Gasteiger partial charge in [0, 0.05) is 24.0 Å². The van der Waals surface area contributed by atoms with Gasteiger partial charge in [-0.05, 0) is 63.0 Å². The highest BCUT2D eigenvalue weighted by molar-refractivity contribution is 6.30. The van der Waals surface area contributed by atoms with Gasteiger partial charge in [-0.15, -0.1) is 0 Å². The fourth-order valence-corrected chi connectivity index (χ4v) is 4.16. The standard InChI is InChI=1S/C22H32ClN3O3/c23-19-5-7-20(8-6-19)29-16-11-24-21(27)17-25-14-9-18(10-15-25)22(28)26-12-3-1-2-4-13-26/h5-8,18H,1-4,9-17H2,(H,24,27). The van der Waals surface area contributed by atoms with Crippen LogP contribution >= 0.6 is 11.6 Å². The van der Waals surface area contributed by atoms with Crippen molar-refractivity contribution in [1.29, 1.82) is 0 Å². The predicted octanol–water partition coefficient (Wildman–Crippen LogP) is 2.95. The van der Waals surface area contributed by atoms with Crippen LogP contribution in [-0.4, -0.2) is 67.5 Å². The lowest BCUT2D eigenvalue weighted by Crippen LogP contribution is -2.46. The Kier molecular flexibility index (Phi) is 8.62. The van der Waals surface area contributed by atoms with Gasteiger partial charge < -0.3 is 15.0 Å². The van der Waals surface area contributed by atoms with E-state index >= 15 is 0 Å². The van der Waals surface area contributed by atoms with Gasteiger partial charge in [-0.25, -0.2) is 0 Å². The summed E-state index contributed by atoms with van der Waals surface area (Å²) >= 11 is 5.84. The third-order valence-corrected chi connectivity index (χ3v) is 5.98. The van der Waals surface area contributed by atoms with Crippen LogP contribution in [0.5, 0.6) is 5.75 Å². The van der Waals surface area contributed by atoms with Crippen molar-refractivity contribution in [3.8, 4) is 5.75 Å². The molecule has 0 aromatic heterocycles. The molecular formula is C22H32ClN3O3. The van der Waals surface area contributed by atoms with Gasteiger partial charge in [-0.3, -0.25) is 14.5 Å². The smallest absolute Gasteiger partial charge is 0.234 e. The molecule has 2 aliphatic rings. The Hall–Kier alpha value is -1.79. The number of halogens is 1. The Bertz CT molecular complexity index is 652. The van der Waals surface area contributed by atoms with Gasteiger partial charge in [0.25, 0.3) is 0 Å². The fourth-order valence-electron chi connectivity index (χ4n) is 4.04. The van der Waals surface area contributed by atoms with E-state index in [1.54, 1.807) is 24.3 Å². The van der Waals surface area contributed by atoms with Gasteiger partial charge in [0.1, 0.15) is 12.4 Å². The van der Waals surface area contributed by atoms with E-state index in [-0.39, 0.29) is 11.8 Å². The van der Waals surface area contributed by atoms with Crippen molar-refractivity contribution >= 4 is 23.4 Å². The number of rotatable bonds is 7. The first-order chi connectivity index (χ1) is 14.1. The van der Waals surface area contributed by atoms with E-state index in [1.807, 2.05) is 0 Å². The maximum Gasteiger partial charge on any atom is 0.234 e. The molecule has 0 radical (unpaired) electrons. The number of piperidine rings is 1. The second-order valence-corrected chi connectivity index (χ2v) is 8.38. The van der Waals surface area contributed by atoms with E-state index < -0.39 is 0 Å². The van der Waals surface area contributed by atoms with E-state index in [2.05, 4.69) is 15.1 Å². The van der Waals surface area contributed by atoms with Crippen molar-refractivity contribution in [3.05, 3.63) is 29.3 Å². The lowest BCUT2D eigenvalue weighted by molar-refractivity contribution is -0.137. The molecular weight excluding hydrogens is 390 g/mol. The van der Waals surface area contributed by atoms with Crippen LogP contribution in [0.1, 0.15) is 38.5 Å². The van der Waals surface area contributed by atoms with Gasteiger partial charge in [-0.1, -0.05) is 24.4 Å².